The Morgan fingerprint density at radius 1 is 0.682 bits per heavy atom. The van der Waals surface area contributed by atoms with E-state index in [1.165, 1.54) is 129 Å². The number of nitrogens with one attached hydrogen (secondary N) is 6. The van der Waals surface area contributed by atoms with Crippen LogP contribution in [-0.4, -0.2) is 141 Å². The number of allylic oxidation sites excluding steroid dienone is 2. The highest BCUT2D eigenvalue weighted by Gasteiger charge is 2.61. The zero-order chi connectivity index (χ0) is 80.1. The van der Waals surface area contributed by atoms with E-state index in [4.69, 9.17) is 18.9 Å². The standard InChI is InChI=1S/C87H132N6O17/c1-14-15-16-17-18-19-20-21-22-23-24-25-26-27-28-32-70(96)109-57-39-41-85(11)56(45-57)34-35-58-62-37-36-61(86(62,12)42-40-63(58)85)51(6)33-38-69(95)91-82(103)53(8)88-83(104)65(43-49(2)3)90-81(102)52(7)89-84(105)66(44-50(4)5)93-92-64-46-71(108-54(9)76(64)97)110-68-48-87(106,55(10)94)47-60-73(68)80(101)75-74(78(60)99)77(98)59-30-29-31-67(107-13)72(59)79(75)100/h21-22,29-31,49-54,56-58,61-66,68,71,76,92-93,97,99,101,106H,14-20,23-28,32-48H2,1-13H3,(H,88,104)(H,89,105)(H,90,102)(H,91,95,103)/b22-21-/t51-,52+,53+,54+,56?,57+,58?,61-,62+,63+,64+,65+,66+,68+,71+,76-,85+,86-,87+/m1/s1. The van der Waals surface area contributed by atoms with Crippen molar-refractivity contribution in [2.75, 3.05) is 7.11 Å². The maximum atomic E-state index is 14.2. The number of benzene rings is 2. The van der Waals surface area contributed by atoms with Gasteiger partial charge in [0.15, 0.2) is 17.9 Å². The second kappa shape index (κ2) is 38.9. The van der Waals surface area contributed by atoms with Crippen LogP contribution in [0.2, 0.25) is 0 Å². The van der Waals surface area contributed by atoms with Crippen molar-refractivity contribution >= 4 is 52.9 Å². The highest BCUT2D eigenvalue weighted by molar-refractivity contribution is 6.31. The molecule has 612 valence electrons. The summed E-state index contributed by atoms with van der Waals surface area (Å²) in [6.07, 6.45) is 26.6. The maximum absolute atomic E-state index is 14.2. The molecule has 0 spiro atoms. The smallest absolute Gasteiger partial charge is 0.306 e. The molecule has 23 nitrogen and oxygen atoms in total. The van der Waals surface area contributed by atoms with Crippen LogP contribution >= 0.6 is 0 Å². The molecule has 6 aliphatic carbocycles. The first-order valence-corrected chi connectivity index (χ1v) is 41.9. The van der Waals surface area contributed by atoms with E-state index in [0.717, 1.165) is 58.3 Å². The van der Waals surface area contributed by atoms with Gasteiger partial charge in [0.25, 0.3) is 0 Å². The number of hydrogen-bond acceptors (Lipinski definition) is 19. The van der Waals surface area contributed by atoms with Crippen molar-refractivity contribution in [1.82, 2.24) is 32.1 Å². The average molecular weight is 1530 g/mol. The number of carbonyl (C=O) groups excluding carboxylic acids is 9. The van der Waals surface area contributed by atoms with Gasteiger partial charge in [0.05, 0.1) is 48.2 Å². The van der Waals surface area contributed by atoms with E-state index < -0.39 is 143 Å². The van der Waals surface area contributed by atoms with E-state index in [1.54, 1.807) is 6.92 Å². The van der Waals surface area contributed by atoms with Gasteiger partial charge in [0, 0.05) is 48.8 Å². The van der Waals surface area contributed by atoms with Crippen LogP contribution in [-0.2, 0) is 54.2 Å². The summed E-state index contributed by atoms with van der Waals surface area (Å²) in [5, 5.41) is 57.9. The van der Waals surface area contributed by atoms with Crippen LogP contribution < -0.4 is 36.9 Å². The fraction of sp³-hybridized carbons (Fsp3) is 0.736. The highest BCUT2D eigenvalue weighted by atomic mass is 16.7. The minimum Gasteiger partial charge on any atom is -0.507 e. The molecule has 2 aromatic carbocycles. The Labute approximate surface area is 652 Å². The first kappa shape index (κ1) is 87.3. The lowest BCUT2D eigenvalue weighted by atomic mass is 9.44. The van der Waals surface area contributed by atoms with Crippen LogP contribution in [0.3, 0.4) is 0 Å². The number of hydrogen-bond donors (Lipinski definition) is 10. The number of phenolic OH excluding ortho intramolecular Hbond substituents is 2. The van der Waals surface area contributed by atoms with Crippen LogP contribution in [0.1, 0.15) is 318 Å². The third kappa shape index (κ3) is 20.7. The van der Waals surface area contributed by atoms with Crippen LogP contribution in [0.5, 0.6) is 17.2 Å². The topological polar surface area (TPSA) is 344 Å². The largest absolute Gasteiger partial charge is 0.507 e. The number of amides is 5. The Morgan fingerprint density at radius 2 is 1.30 bits per heavy atom. The summed E-state index contributed by atoms with van der Waals surface area (Å²) in [6, 6.07) is -0.982. The summed E-state index contributed by atoms with van der Waals surface area (Å²) >= 11 is 0. The molecule has 110 heavy (non-hydrogen) atoms. The van der Waals surface area contributed by atoms with Gasteiger partial charge in [0.1, 0.15) is 53.1 Å². The van der Waals surface area contributed by atoms with Crippen molar-refractivity contribution < 1.29 is 82.5 Å². The molecule has 0 bridgehead atoms. The fourth-order valence-electron chi connectivity index (χ4n) is 20.2. The normalized spacial score (nSPS) is 28.9. The van der Waals surface area contributed by atoms with Gasteiger partial charge in [-0.3, -0.25) is 53.9 Å². The molecule has 9 rings (SSSR count). The van der Waals surface area contributed by atoms with E-state index in [2.05, 4.69) is 72.0 Å². The summed E-state index contributed by atoms with van der Waals surface area (Å²) in [6.45, 7) is 22.8. The van der Waals surface area contributed by atoms with Crippen LogP contribution in [0.15, 0.2) is 30.4 Å². The summed E-state index contributed by atoms with van der Waals surface area (Å²) in [5.41, 5.74) is 2.78. The van der Waals surface area contributed by atoms with Crippen LogP contribution in [0.4, 0.5) is 0 Å². The number of phenols is 2. The quantitative estimate of drug-likeness (QED) is 0.00837. The first-order valence-electron chi connectivity index (χ1n) is 41.9. The molecule has 2 unspecified atom stereocenters. The molecule has 5 fully saturated rings. The lowest BCUT2D eigenvalue weighted by Gasteiger charge is -2.61. The molecular formula is C87H132N6O17. The summed E-state index contributed by atoms with van der Waals surface area (Å²) in [5.74, 6) is -3.64. The molecule has 0 radical (unpaired) electrons. The summed E-state index contributed by atoms with van der Waals surface area (Å²) in [7, 11) is 1.32. The Hall–Kier alpha value is -6.63. The van der Waals surface area contributed by atoms with E-state index in [9.17, 15) is 63.6 Å². The second-order valence-corrected chi connectivity index (χ2v) is 35.2. The first-order chi connectivity index (χ1) is 52.2. The van der Waals surface area contributed by atoms with Gasteiger partial charge < -0.3 is 55.3 Å². The Kier molecular flexibility index (Phi) is 30.9. The van der Waals surface area contributed by atoms with Crippen molar-refractivity contribution in [3.05, 3.63) is 63.7 Å². The fourth-order valence-corrected chi connectivity index (χ4v) is 20.2. The van der Waals surface area contributed by atoms with E-state index in [0.29, 0.717) is 42.4 Å². The molecule has 1 aliphatic heterocycles. The van der Waals surface area contributed by atoms with Crippen molar-refractivity contribution in [3.63, 3.8) is 0 Å². The number of carbonyl (C=O) groups is 9. The number of rotatable bonds is 38. The molecule has 19 atom stereocenters. The second-order valence-electron chi connectivity index (χ2n) is 35.2. The number of Topliss-reactive ketones (excluding diaryl/α,β-unsaturated/α-hetero) is 1. The van der Waals surface area contributed by atoms with Crippen LogP contribution in [0.25, 0.3) is 0 Å². The van der Waals surface area contributed by atoms with Gasteiger partial charge >= 0.3 is 5.97 Å². The van der Waals surface area contributed by atoms with E-state index >= 15 is 0 Å². The van der Waals surface area contributed by atoms with Crippen molar-refractivity contribution in [1.29, 1.82) is 0 Å². The predicted molar refractivity (Wildman–Crippen MR) is 418 cm³/mol. The number of unbranched alkanes of at least 4 members (excludes halogenated alkanes) is 11. The molecule has 2 aromatic rings. The lowest BCUT2D eigenvalue weighted by molar-refractivity contribution is -0.250. The number of fused-ring (bicyclic) bond motifs is 8. The average Bonchev–Trinajstić information content (AvgIpc) is 0.899. The molecule has 23 heteroatoms. The number of methoxy groups -OCH3 is 1. The van der Waals surface area contributed by atoms with Crippen LogP contribution in [0, 0.1) is 58.2 Å². The molecule has 1 heterocycles. The molecule has 4 saturated carbocycles. The zero-order valence-electron chi connectivity index (χ0n) is 68.1. The number of aromatic hydroxyl groups is 2. The minimum atomic E-state index is -2.17. The van der Waals surface area contributed by atoms with E-state index in [1.807, 2.05) is 27.7 Å². The maximum Gasteiger partial charge on any atom is 0.306 e. The van der Waals surface area contributed by atoms with E-state index in [-0.39, 0.29) is 94.3 Å². The molecule has 0 aromatic heterocycles. The van der Waals surface area contributed by atoms with Gasteiger partial charge in [-0.1, -0.05) is 131 Å². The molecular weight excluding hydrogens is 1400 g/mol. The van der Waals surface area contributed by atoms with Gasteiger partial charge in [0.2, 0.25) is 35.3 Å². The van der Waals surface area contributed by atoms with Gasteiger partial charge in [-0.15, -0.1) is 0 Å². The van der Waals surface area contributed by atoms with Gasteiger partial charge in [-0.05, 0) is 201 Å². The Bertz CT molecular complexity index is 3620. The molecule has 10 N–H and O–H groups in total. The summed E-state index contributed by atoms with van der Waals surface area (Å²) in [4.78, 5) is 124. The highest BCUT2D eigenvalue weighted by Crippen LogP contribution is 2.69. The molecule has 7 aliphatic rings. The zero-order valence-corrected chi connectivity index (χ0v) is 68.1. The SMILES string of the molecule is CCCCCCCC/C=C\CCCCCCCC(=O)O[C@H]1CC[C@@]2(C)C(CCC3[C@@H]4CC[C@H]([C@H](C)CCC(=O)NC(=O)[C@H](C)NC(=O)[C@H](CC(C)C)NC(=O)[C@H](C)NC(=O)[C@H](CC(C)C)NN[C@H]5C[C@H](O[C@H]6C[C@](O)(C(C)=O)Cc7c(O)c8c(c(O)c76)C(=O)c6c(OC)cccc6C8=O)O[C@@H](C)[C@H]5O)[C@@]4(C)CC[C@@H]32)C1. The third-order valence-corrected chi connectivity index (χ3v) is 26.5. The van der Waals surface area contributed by atoms with Crippen molar-refractivity contribution in [2.24, 2.45) is 58.2 Å². The number of imide groups is 1. The number of esters is 1. The number of hydrazine groups is 1. The number of aliphatic hydroxyl groups is 2. The van der Waals surface area contributed by atoms with Gasteiger partial charge in [-0.2, -0.15) is 0 Å². The summed E-state index contributed by atoms with van der Waals surface area (Å²) < 4.78 is 24.2. The molecule has 5 amide bonds. The number of ether oxygens (including phenoxy) is 4. The number of ketones is 3. The minimum absolute atomic E-state index is 0.0214. The Morgan fingerprint density at radius 3 is 1.96 bits per heavy atom. The van der Waals surface area contributed by atoms with Gasteiger partial charge in [-0.25, -0.2) is 5.43 Å². The predicted octanol–water partition coefficient (Wildman–Crippen LogP) is 12.8. The third-order valence-electron chi connectivity index (χ3n) is 26.5. The number of aliphatic hydroxyl groups excluding tert-OH is 1. The lowest BCUT2D eigenvalue weighted by Crippen LogP contribution is -2.62. The monoisotopic (exact) mass is 1530 g/mol. The molecule has 1 saturated heterocycles. The van der Waals surface area contributed by atoms with Crippen molar-refractivity contribution in [2.45, 2.75) is 342 Å². The van der Waals surface area contributed by atoms with Crippen molar-refractivity contribution in [3.8, 4) is 17.2 Å². The Balaban J connectivity index is 0.706.